The van der Waals surface area contributed by atoms with Crippen molar-refractivity contribution in [2.45, 2.75) is 70.0 Å². The minimum Gasteiger partial charge on any atom is -0.388 e. The van der Waals surface area contributed by atoms with Gasteiger partial charge in [-0.2, -0.15) is 5.26 Å². The summed E-state index contributed by atoms with van der Waals surface area (Å²) in [5.74, 6) is 0.726. The summed E-state index contributed by atoms with van der Waals surface area (Å²) in [7, 11) is 0. The third-order valence-corrected chi connectivity index (χ3v) is 7.48. The molecule has 4 heteroatoms. The van der Waals surface area contributed by atoms with Crippen LogP contribution in [0.25, 0.3) is 0 Å². The first kappa shape index (κ1) is 16.1. The predicted octanol–water partition coefficient (Wildman–Crippen LogP) is 2.81. The molecule has 0 amide bonds. The van der Waals surface area contributed by atoms with Gasteiger partial charge >= 0.3 is 0 Å². The second-order valence-electron chi connectivity index (χ2n) is 8.36. The number of carbonyl (C=O) groups excluding carboxylic acids is 1. The van der Waals surface area contributed by atoms with Crippen LogP contribution >= 0.6 is 0 Å². The standard InChI is InChI=1S/C20H25NO3/c1-19-6-4-14-13-3-2-12(22)10-16(13)18(23)11-15(14)17(19)5-7-20(19,24)8-9-21/h10,15,17-18,23-24H,2-8,11H2,1H3/t15-,17+,18-,19+,20-/m1/s1. The van der Waals surface area contributed by atoms with E-state index in [-0.39, 0.29) is 23.5 Å². The van der Waals surface area contributed by atoms with E-state index in [2.05, 4.69) is 13.0 Å². The Balaban J connectivity index is 1.75. The monoisotopic (exact) mass is 327 g/mol. The molecule has 0 unspecified atom stereocenters. The van der Waals surface area contributed by atoms with Gasteiger partial charge in [0.25, 0.3) is 0 Å². The fourth-order valence-electron chi connectivity index (χ4n) is 6.07. The maximum atomic E-state index is 11.7. The van der Waals surface area contributed by atoms with Crippen LogP contribution in [0.4, 0.5) is 0 Å². The lowest BCUT2D eigenvalue weighted by Gasteiger charge is -2.52. The van der Waals surface area contributed by atoms with Crippen molar-refractivity contribution < 1.29 is 15.0 Å². The van der Waals surface area contributed by atoms with Gasteiger partial charge in [0.15, 0.2) is 5.78 Å². The number of nitriles is 1. The molecule has 0 heterocycles. The molecule has 0 bridgehead atoms. The van der Waals surface area contributed by atoms with Gasteiger partial charge in [0.1, 0.15) is 0 Å². The van der Waals surface area contributed by atoms with Crippen LogP contribution in [-0.2, 0) is 4.79 Å². The van der Waals surface area contributed by atoms with E-state index in [0.29, 0.717) is 25.2 Å². The van der Waals surface area contributed by atoms with E-state index in [1.807, 2.05) is 0 Å². The third-order valence-electron chi connectivity index (χ3n) is 7.48. The summed E-state index contributed by atoms with van der Waals surface area (Å²) in [6, 6.07) is 2.18. The van der Waals surface area contributed by atoms with E-state index in [1.165, 1.54) is 11.1 Å². The molecule has 0 aromatic heterocycles. The van der Waals surface area contributed by atoms with Gasteiger partial charge in [-0.15, -0.1) is 0 Å². The average molecular weight is 327 g/mol. The second kappa shape index (κ2) is 5.28. The number of ketones is 1. The summed E-state index contributed by atoms with van der Waals surface area (Å²) in [5, 5.41) is 30.9. The van der Waals surface area contributed by atoms with Crippen LogP contribution in [0.2, 0.25) is 0 Å². The molecule has 24 heavy (non-hydrogen) atoms. The molecule has 4 aliphatic rings. The predicted molar refractivity (Wildman–Crippen MR) is 88.7 cm³/mol. The Morgan fingerprint density at radius 1 is 1.33 bits per heavy atom. The van der Waals surface area contributed by atoms with Gasteiger partial charge in [0.05, 0.1) is 24.2 Å². The first-order valence-electron chi connectivity index (χ1n) is 9.14. The molecule has 0 radical (unpaired) electrons. The van der Waals surface area contributed by atoms with E-state index in [9.17, 15) is 15.0 Å². The van der Waals surface area contributed by atoms with E-state index in [1.54, 1.807) is 6.08 Å². The molecule has 5 atom stereocenters. The molecule has 2 N–H and O–H groups in total. The van der Waals surface area contributed by atoms with Crippen molar-refractivity contribution in [1.29, 1.82) is 5.26 Å². The Morgan fingerprint density at radius 2 is 2.12 bits per heavy atom. The molecule has 0 saturated heterocycles. The minimum atomic E-state index is -0.897. The fraction of sp³-hybridized carbons (Fsp3) is 0.700. The van der Waals surface area contributed by atoms with Crippen LogP contribution in [0.15, 0.2) is 22.8 Å². The molecule has 4 rings (SSSR count). The molecular weight excluding hydrogens is 302 g/mol. The summed E-state index contributed by atoms with van der Waals surface area (Å²) in [6.07, 6.45) is 6.63. The number of carbonyl (C=O) groups is 1. The highest BCUT2D eigenvalue weighted by Gasteiger charge is 2.61. The highest BCUT2D eigenvalue weighted by molar-refractivity contribution is 5.93. The molecule has 0 aromatic carbocycles. The number of hydrogen-bond donors (Lipinski definition) is 2. The van der Waals surface area contributed by atoms with E-state index < -0.39 is 11.7 Å². The van der Waals surface area contributed by atoms with Crippen molar-refractivity contribution in [2.75, 3.05) is 0 Å². The second-order valence-corrected chi connectivity index (χ2v) is 8.36. The van der Waals surface area contributed by atoms with E-state index >= 15 is 0 Å². The van der Waals surface area contributed by atoms with Gasteiger partial charge < -0.3 is 10.2 Å². The van der Waals surface area contributed by atoms with Gasteiger partial charge in [-0.05, 0) is 67.6 Å². The number of nitrogens with zero attached hydrogens (tertiary/aromatic N) is 1. The summed E-state index contributed by atoms with van der Waals surface area (Å²) in [6.45, 7) is 2.14. The van der Waals surface area contributed by atoms with E-state index in [4.69, 9.17) is 5.26 Å². The molecule has 0 aromatic rings. The Hall–Kier alpha value is -1.44. The van der Waals surface area contributed by atoms with E-state index in [0.717, 1.165) is 31.3 Å². The van der Waals surface area contributed by atoms with Crippen LogP contribution in [-0.4, -0.2) is 27.7 Å². The average Bonchev–Trinajstić information content (AvgIpc) is 2.80. The molecule has 4 nitrogen and oxygen atoms in total. The van der Waals surface area contributed by atoms with Crippen LogP contribution in [0.3, 0.4) is 0 Å². The van der Waals surface area contributed by atoms with Crippen LogP contribution in [0.1, 0.15) is 58.3 Å². The van der Waals surface area contributed by atoms with Gasteiger partial charge in [0, 0.05) is 11.8 Å². The van der Waals surface area contributed by atoms with Gasteiger partial charge in [0.2, 0.25) is 0 Å². The zero-order chi connectivity index (χ0) is 17.1. The van der Waals surface area contributed by atoms with Crippen molar-refractivity contribution in [3.8, 4) is 6.07 Å². The Kier molecular flexibility index (Phi) is 3.53. The normalized spacial score (nSPS) is 44.3. The smallest absolute Gasteiger partial charge is 0.156 e. The highest BCUT2D eigenvalue weighted by atomic mass is 16.3. The Bertz CT molecular complexity index is 700. The van der Waals surface area contributed by atoms with Crippen molar-refractivity contribution in [3.05, 3.63) is 22.8 Å². The van der Waals surface area contributed by atoms with Crippen LogP contribution < -0.4 is 0 Å². The minimum absolute atomic E-state index is 0.122. The summed E-state index contributed by atoms with van der Waals surface area (Å²) in [5.41, 5.74) is 2.35. The summed E-state index contributed by atoms with van der Waals surface area (Å²) >= 11 is 0. The van der Waals surface area contributed by atoms with Crippen molar-refractivity contribution in [2.24, 2.45) is 17.3 Å². The highest BCUT2D eigenvalue weighted by Crippen LogP contribution is 2.64. The molecular formula is C20H25NO3. The third kappa shape index (κ3) is 2.01. The lowest BCUT2D eigenvalue weighted by Crippen LogP contribution is -2.50. The van der Waals surface area contributed by atoms with Gasteiger partial charge in [-0.1, -0.05) is 12.5 Å². The Labute approximate surface area is 142 Å². The van der Waals surface area contributed by atoms with Gasteiger partial charge in [-0.25, -0.2) is 0 Å². The molecule has 4 aliphatic carbocycles. The first-order chi connectivity index (χ1) is 11.4. The first-order valence-corrected chi connectivity index (χ1v) is 9.14. The lowest BCUT2D eigenvalue weighted by atomic mass is 9.54. The van der Waals surface area contributed by atoms with Gasteiger partial charge in [-0.3, -0.25) is 4.79 Å². The number of fused-ring (bicyclic) bond motifs is 4. The maximum absolute atomic E-state index is 11.7. The number of allylic oxidation sites excluding steroid dienone is 2. The Morgan fingerprint density at radius 3 is 2.88 bits per heavy atom. The summed E-state index contributed by atoms with van der Waals surface area (Å²) in [4.78, 5) is 11.7. The molecule has 128 valence electrons. The SMILES string of the molecule is C[C@]12CCC3=C4CCC(=O)C=C4[C@H](O)C[C@H]3[C@@H]1CC[C@@]2(O)CC#N. The summed E-state index contributed by atoms with van der Waals surface area (Å²) < 4.78 is 0. The fourth-order valence-corrected chi connectivity index (χ4v) is 6.07. The largest absolute Gasteiger partial charge is 0.388 e. The number of rotatable bonds is 1. The molecule has 0 aliphatic heterocycles. The van der Waals surface area contributed by atoms with Crippen molar-refractivity contribution >= 4 is 5.78 Å². The van der Waals surface area contributed by atoms with Crippen molar-refractivity contribution in [1.82, 2.24) is 0 Å². The lowest BCUT2D eigenvalue weighted by molar-refractivity contribution is -0.115. The molecule has 2 saturated carbocycles. The number of aliphatic hydroxyl groups excluding tert-OH is 1. The maximum Gasteiger partial charge on any atom is 0.156 e. The molecule has 0 spiro atoms. The quantitative estimate of drug-likeness (QED) is 0.776. The van der Waals surface area contributed by atoms with Crippen molar-refractivity contribution in [3.63, 3.8) is 0 Å². The van der Waals surface area contributed by atoms with Crippen LogP contribution in [0.5, 0.6) is 0 Å². The number of hydrogen-bond acceptors (Lipinski definition) is 4. The zero-order valence-corrected chi connectivity index (χ0v) is 14.2. The number of aliphatic hydroxyl groups is 2. The topological polar surface area (TPSA) is 81.3 Å². The zero-order valence-electron chi connectivity index (χ0n) is 14.2. The molecule has 2 fully saturated rings. The van der Waals surface area contributed by atoms with Crippen LogP contribution in [0, 0.1) is 28.6 Å².